The summed E-state index contributed by atoms with van der Waals surface area (Å²) in [5.74, 6) is 0.586. The van der Waals surface area contributed by atoms with E-state index >= 15 is 0 Å². The first-order valence-corrected chi connectivity index (χ1v) is 9.65. The van der Waals surface area contributed by atoms with Gasteiger partial charge in [-0.2, -0.15) is 0 Å². The van der Waals surface area contributed by atoms with Gasteiger partial charge in [0.15, 0.2) is 0 Å². The largest absolute Gasteiger partial charge is 0.289 e. The molecule has 0 spiro atoms. The fraction of sp³-hybridized carbons (Fsp3) is 0.619. The first-order valence-electron chi connectivity index (χ1n) is 9.65. The van der Waals surface area contributed by atoms with E-state index in [0.717, 1.165) is 26.2 Å². The third-order valence-corrected chi connectivity index (χ3v) is 5.38. The van der Waals surface area contributed by atoms with Crippen LogP contribution >= 0.6 is 0 Å². The second-order valence-electron chi connectivity index (χ2n) is 6.72. The maximum Gasteiger partial charge on any atom is 0.0837 e. The molecule has 134 valence electrons. The molecule has 0 aromatic heterocycles. The van der Waals surface area contributed by atoms with E-state index in [9.17, 15) is 0 Å². The topological polar surface area (TPSA) is 18.5 Å². The molecule has 1 aromatic carbocycles. The van der Waals surface area contributed by atoms with Crippen molar-refractivity contribution in [2.45, 2.75) is 53.4 Å². The Balaban J connectivity index is 2.32. The highest BCUT2D eigenvalue weighted by Gasteiger charge is 2.34. The summed E-state index contributed by atoms with van der Waals surface area (Å²) >= 11 is 0. The van der Waals surface area contributed by atoms with Crippen LogP contribution in [0.25, 0.3) is 6.08 Å². The van der Waals surface area contributed by atoms with Gasteiger partial charge in [-0.25, -0.2) is 0 Å². The van der Waals surface area contributed by atoms with Crippen molar-refractivity contribution >= 4 is 6.08 Å². The van der Waals surface area contributed by atoms with Gasteiger partial charge in [0.1, 0.15) is 0 Å². The number of rotatable bonds is 7. The zero-order chi connectivity index (χ0) is 17.5. The zero-order valence-electron chi connectivity index (χ0n) is 16.1. The van der Waals surface area contributed by atoms with Gasteiger partial charge in [0, 0.05) is 0 Å². The van der Waals surface area contributed by atoms with Crippen LogP contribution in [0.1, 0.15) is 46.6 Å². The molecule has 0 amide bonds. The standard InChI is InChI=1S/C21H35N3/c1-6-23(7-2)20-15-17(5)19(16-18-13-11-10-12-14-18)21(22-20)24(8-3)9-4/h10-14,16-17,20-22H,6-9,15H2,1-5H3. The Kier molecular flexibility index (Phi) is 7.47. The predicted molar refractivity (Wildman–Crippen MR) is 105 cm³/mol. The average molecular weight is 330 g/mol. The first kappa shape index (κ1) is 19.2. The Hall–Kier alpha value is -1.16. The Bertz CT molecular complexity index is 503. The van der Waals surface area contributed by atoms with Gasteiger partial charge in [-0.3, -0.25) is 15.1 Å². The van der Waals surface area contributed by atoms with E-state index in [2.05, 4.69) is 86.1 Å². The zero-order valence-corrected chi connectivity index (χ0v) is 16.1. The third-order valence-electron chi connectivity index (χ3n) is 5.38. The van der Waals surface area contributed by atoms with Crippen LogP contribution in [0.2, 0.25) is 0 Å². The quantitative estimate of drug-likeness (QED) is 0.814. The minimum absolute atomic E-state index is 0.328. The van der Waals surface area contributed by atoms with E-state index in [1.165, 1.54) is 17.6 Å². The van der Waals surface area contributed by atoms with Gasteiger partial charge in [0.25, 0.3) is 0 Å². The van der Waals surface area contributed by atoms with Crippen LogP contribution in [-0.4, -0.2) is 48.3 Å². The Morgan fingerprint density at radius 2 is 1.54 bits per heavy atom. The van der Waals surface area contributed by atoms with E-state index in [0.29, 0.717) is 18.2 Å². The molecule has 3 nitrogen and oxygen atoms in total. The number of likely N-dealkylation sites (N-methyl/N-ethyl adjacent to an activating group) is 1. The molecule has 0 bridgehead atoms. The first-order chi connectivity index (χ1) is 11.6. The van der Waals surface area contributed by atoms with Gasteiger partial charge in [-0.05, 0) is 49.7 Å². The van der Waals surface area contributed by atoms with Crippen molar-refractivity contribution in [3.63, 3.8) is 0 Å². The maximum atomic E-state index is 3.94. The number of nitrogens with zero attached hydrogens (tertiary/aromatic N) is 2. The molecule has 0 radical (unpaired) electrons. The molecule has 0 aliphatic carbocycles. The molecule has 1 aromatic rings. The van der Waals surface area contributed by atoms with E-state index in [-0.39, 0.29) is 0 Å². The molecule has 1 fully saturated rings. The highest BCUT2D eigenvalue weighted by molar-refractivity contribution is 5.55. The number of piperidine rings is 1. The number of hydrogen-bond acceptors (Lipinski definition) is 3. The molecule has 0 saturated carbocycles. The smallest absolute Gasteiger partial charge is 0.0837 e. The maximum absolute atomic E-state index is 3.94. The Morgan fingerprint density at radius 3 is 2.08 bits per heavy atom. The molecular weight excluding hydrogens is 294 g/mol. The monoisotopic (exact) mass is 329 g/mol. The van der Waals surface area contributed by atoms with Crippen LogP contribution in [0.4, 0.5) is 0 Å². The van der Waals surface area contributed by atoms with Crippen LogP contribution in [0.3, 0.4) is 0 Å². The van der Waals surface area contributed by atoms with E-state index < -0.39 is 0 Å². The van der Waals surface area contributed by atoms with Crippen molar-refractivity contribution in [1.82, 2.24) is 15.1 Å². The fourth-order valence-electron chi connectivity index (χ4n) is 3.87. The van der Waals surface area contributed by atoms with Crippen LogP contribution < -0.4 is 5.32 Å². The Morgan fingerprint density at radius 1 is 0.958 bits per heavy atom. The normalized spacial score (nSPS) is 26.5. The Labute approximate surface area is 148 Å². The van der Waals surface area contributed by atoms with Crippen molar-refractivity contribution in [2.75, 3.05) is 26.2 Å². The minimum Gasteiger partial charge on any atom is -0.289 e. The molecule has 3 heteroatoms. The average Bonchev–Trinajstić information content (AvgIpc) is 2.61. The highest BCUT2D eigenvalue weighted by atomic mass is 15.4. The van der Waals surface area contributed by atoms with Gasteiger partial charge in [-0.1, -0.05) is 71.0 Å². The molecule has 1 heterocycles. The summed E-state index contributed by atoms with van der Waals surface area (Å²) in [5.41, 5.74) is 2.83. The lowest BCUT2D eigenvalue weighted by atomic mass is 9.87. The molecule has 1 aliphatic heterocycles. The van der Waals surface area contributed by atoms with Gasteiger partial charge >= 0.3 is 0 Å². The lowest BCUT2D eigenvalue weighted by Crippen LogP contribution is -2.60. The second kappa shape index (κ2) is 9.36. The summed E-state index contributed by atoms with van der Waals surface area (Å²) in [4.78, 5) is 5.09. The number of hydrogen-bond donors (Lipinski definition) is 1. The minimum atomic E-state index is 0.328. The van der Waals surface area contributed by atoms with E-state index in [4.69, 9.17) is 0 Å². The lowest BCUT2D eigenvalue weighted by Gasteiger charge is -2.46. The van der Waals surface area contributed by atoms with Crippen LogP contribution in [-0.2, 0) is 0 Å². The van der Waals surface area contributed by atoms with Gasteiger partial charge < -0.3 is 0 Å². The number of nitrogens with one attached hydrogen (secondary N) is 1. The van der Waals surface area contributed by atoms with E-state index in [1.54, 1.807) is 0 Å². The molecule has 3 atom stereocenters. The summed E-state index contributed by atoms with van der Waals surface area (Å²) in [6, 6.07) is 10.7. The molecule has 2 rings (SSSR count). The summed E-state index contributed by atoms with van der Waals surface area (Å²) in [5, 5.41) is 3.94. The van der Waals surface area contributed by atoms with Crippen LogP contribution in [0.15, 0.2) is 35.9 Å². The van der Waals surface area contributed by atoms with Gasteiger partial charge in [-0.15, -0.1) is 0 Å². The molecule has 3 unspecified atom stereocenters. The lowest BCUT2D eigenvalue weighted by molar-refractivity contribution is 0.0758. The van der Waals surface area contributed by atoms with Crippen LogP contribution in [0, 0.1) is 5.92 Å². The van der Waals surface area contributed by atoms with Crippen LogP contribution in [0.5, 0.6) is 0 Å². The summed E-state index contributed by atoms with van der Waals surface area (Å²) in [6.07, 6.45) is 4.38. The molecule has 1 aliphatic rings. The fourth-order valence-corrected chi connectivity index (χ4v) is 3.87. The molecule has 1 N–H and O–H groups in total. The van der Waals surface area contributed by atoms with Crippen molar-refractivity contribution in [3.05, 3.63) is 41.5 Å². The molecule has 24 heavy (non-hydrogen) atoms. The summed E-state index contributed by atoms with van der Waals surface area (Å²) in [6.45, 7) is 15.8. The van der Waals surface area contributed by atoms with Crippen molar-refractivity contribution in [3.8, 4) is 0 Å². The second-order valence-corrected chi connectivity index (χ2v) is 6.72. The van der Waals surface area contributed by atoms with Crippen molar-refractivity contribution in [2.24, 2.45) is 5.92 Å². The molecular formula is C21H35N3. The predicted octanol–water partition coefficient (Wildman–Crippen LogP) is 4.04. The van der Waals surface area contributed by atoms with Gasteiger partial charge in [0.05, 0.1) is 12.3 Å². The van der Waals surface area contributed by atoms with Crippen molar-refractivity contribution in [1.29, 1.82) is 0 Å². The SMILES string of the molecule is CCN(CC)C1CC(C)C(=Cc2ccccc2)C(N(CC)CC)N1. The number of benzene rings is 1. The van der Waals surface area contributed by atoms with Gasteiger partial charge in [0.2, 0.25) is 0 Å². The third kappa shape index (κ3) is 4.47. The highest BCUT2D eigenvalue weighted by Crippen LogP contribution is 2.30. The van der Waals surface area contributed by atoms with Crippen molar-refractivity contribution < 1.29 is 0 Å². The molecule has 1 saturated heterocycles. The van der Waals surface area contributed by atoms with E-state index in [1.807, 2.05) is 0 Å². The summed E-state index contributed by atoms with van der Waals surface area (Å²) < 4.78 is 0. The summed E-state index contributed by atoms with van der Waals surface area (Å²) in [7, 11) is 0.